The maximum atomic E-state index is 6.03. The van der Waals surface area contributed by atoms with Crippen LogP contribution in [0.2, 0.25) is 0 Å². The number of halogens is 1. The molecule has 6 heteroatoms. The van der Waals surface area contributed by atoms with E-state index < -0.39 is 0 Å². The van der Waals surface area contributed by atoms with Crippen LogP contribution in [-0.4, -0.2) is 61.1 Å². The molecule has 0 unspecified atom stereocenters. The van der Waals surface area contributed by atoms with Crippen molar-refractivity contribution in [1.29, 1.82) is 0 Å². The quantitative estimate of drug-likeness (QED) is 0.249. The Bertz CT molecular complexity index is 551. The van der Waals surface area contributed by atoms with E-state index in [-0.39, 0.29) is 24.0 Å². The molecule has 0 bridgehead atoms. The smallest absolute Gasteiger partial charge is 0.188 e. The van der Waals surface area contributed by atoms with Crippen molar-refractivity contribution in [1.82, 2.24) is 15.1 Å². The summed E-state index contributed by atoms with van der Waals surface area (Å²) in [5.41, 5.74) is 7.45. The van der Waals surface area contributed by atoms with Gasteiger partial charge < -0.3 is 16.0 Å². The number of rotatable bonds is 8. The van der Waals surface area contributed by atoms with Gasteiger partial charge in [0.25, 0.3) is 0 Å². The van der Waals surface area contributed by atoms with Gasteiger partial charge in [-0.3, -0.25) is 9.89 Å². The lowest BCUT2D eigenvalue weighted by Gasteiger charge is -2.34. The molecule has 0 spiro atoms. The molecule has 1 aliphatic heterocycles. The molecule has 1 aromatic rings. The largest absolute Gasteiger partial charge is 0.370 e. The highest BCUT2D eigenvalue weighted by molar-refractivity contribution is 14.0. The fourth-order valence-electron chi connectivity index (χ4n) is 4.16. The Labute approximate surface area is 188 Å². The van der Waals surface area contributed by atoms with Crippen molar-refractivity contribution in [3.63, 3.8) is 0 Å². The summed E-state index contributed by atoms with van der Waals surface area (Å²) in [5, 5.41) is 3.40. The van der Waals surface area contributed by atoms with Crippen molar-refractivity contribution in [2.45, 2.75) is 57.5 Å². The van der Waals surface area contributed by atoms with Crippen LogP contribution in [-0.2, 0) is 6.54 Å². The SMILES string of the molecule is I.NC(=NCCCCN1CCN(Cc2ccccc2)CC1)NC1CCCCC1. The average Bonchev–Trinajstić information content (AvgIpc) is 2.70. The third-order valence-electron chi connectivity index (χ3n) is 5.84. The first-order valence-corrected chi connectivity index (χ1v) is 10.8. The first-order chi connectivity index (χ1) is 13.3. The van der Waals surface area contributed by atoms with E-state index >= 15 is 0 Å². The number of guanidine groups is 1. The molecule has 1 saturated carbocycles. The maximum Gasteiger partial charge on any atom is 0.188 e. The standard InChI is InChI=1S/C22H37N5.HI/c23-22(25-21-11-5-2-6-12-21)24-13-7-8-14-26-15-17-27(18-16-26)19-20-9-3-1-4-10-20;/h1,3-4,9-10,21H,2,5-8,11-19H2,(H3,23,24,25);1H. The Balaban J connectivity index is 0.00000280. The second kappa shape index (κ2) is 13.4. The summed E-state index contributed by atoms with van der Waals surface area (Å²) in [6.07, 6.45) is 8.83. The summed E-state index contributed by atoms with van der Waals surface area (Å²) in [4.78, 5) is 9.67. The van der Waals surface area contributed by atoms with Gasteiger partial charge in [-0.1, -0.05) is 49.6 Å². The average molecular weight is 499 g/mol. The summed E-state index contributed by atoms with van der Waals surface area (Å²) in [7, 11) is 0. The summed E-state index contributed by atoms with van der Waals surface area (Å²) in [5.74, 6) is 0.649. The van der Waals surface area contributed by atoms with Gasteiger partial charge >= 0.3 is 0 Å². The molecular weight excluding hydrogens is 461 g/mol. The van der Waals surface area contributed by atoms with Crippen LogP contribution in [0.15, 0.2) is 35.3 Å². The highest BCUT2D eigenvalue weighted by atomic mass is 127. The molecule has 158 valence electrons. The normalized spacial score (nSPS) is 19.9. The zero-order valence-electron chi connectivity index (χ0n) is 17.2. The van der Waals surface area contributed by atoms with E-state index in [4.69, 9.17) is 5.73 Å². The second-order valence-corrected chi connectivity index (χ2v) is 8.06. The van der Waals surface area contributed by atoms with E-state index in [1.54, 1.807) is 0 Å². The van der Waals surface area contributed by atoms with Gasteiger partial charge in [0.2, 0.25) is 0 Å². The Morgan fingerprint density at radius 1 is 0.964 bits per heavy atom. The monoisotopic (exact) mass is 499 g/mol. The topological polar surface area (TPSA) is 56.9 Å². The molecule has 0 atom stereocenters. The predicted octanol–water partition coefficient (Wildman–Crippen LogP) is 3.44. The van der Waals surface area contributed by atoms with Crippen molar-refractivity contribution < 1.29 is 0 Å². The molecule has 3 rings (SSSR count). The van der Waals surface area contributed by atoms with E-state index in [0.29, 0.717) is 12.0 Å². The van der Waals surface area contributed by atoms with Crippen LogP contribution in [0.1, 0.15) is 50.5 Å². The van der Waals surface area contributed by atoms with Gasteiger partial charge in [0, 0.05) is 45.3 Å². The first kappa shape index (κ1) is 23.4. The molecule has 1 saturated heterocycles. The molecule has 2 aliphatic rings. The number of piperazine rings is 1. The highest BCUT2D eigenvalue weighted by Gasteiger charge is 2.16. The Morgan fingerprint density at radius 2 is 1.64 bits per heavy atom. The Morgan fingerprint density at radius 3 is 2.36 bits per heavy atom. The van der Waals surface area contributed by atoms with Gasteiger partial charge in [-0.05, 0) is 37.8 Å². The van der Waals surface area contributed by atoms with Gasteiger partial charge in [-0.25, -0.2) is 0 Å². The summed E-state index contributed by atoms with van der Waals surface area (Å²) >= 11 is 0. The third-order valence-corrected chi connectivity index (χ3v) is 5.84. The number of nitrogens with two attached hydrogens (primary N) is 1. The minimum absolute atomic E-state index is 0. The summed E-state index contributed by atoms with van der Waals surface area (Å²) < 4.78 is 0. The molecule has 1 heterocycles. The van der Waals surface area contributed by atoms with Gasteiger partial charge in [0.1, 0.15) is 0 Å². The minimum atomic E-state index is 0. The van der Waals surface area contributed by atoms with Crippen molar-refractivity contribution in [2.75, 3.05) is 39.3 Å². The number of nitrogens with one attached hydrogen (secondary N) is 1. The summed E-state index contributed by atoms with van der Waals surface area (Å²) in [6, 6.07) is 11.3. The van der Waals surface area contributed by atoms with Crippen LogP contribution >= 0.6 is 24.0 Å². The van der Waals surface area contributed by atoms with E-state index in [1.165, 1.54) is 76.8 Å². The highest BCUT2D eigenvalue weighted by Crippen LogP contribution is 2.17. The molecule has 2 fully saturated rings. The molecule has 3 N–H and O–H groups in total. The van der Waals surface area contributed by atoms with Crippen LogP contribution in [0, 0.1) is 0 Å². The van der Waals surface area contributed by atoms with Crippen molar-refractivity contribution in [2.24, 2.45) is 10.7 Å². The molecule has 1 aliphatic carbocycles. The predicted molar refractivity (Wildman–Crippen MR) is 129 cm³/mol. The number of unbranched alkanes of at least 4 members (excludes halogenated alkanes) is 1. The van der Waals surface area contributed by atoms with Crippen molar-refractivity contribution >= 4 is 29.9 Å². The fraction of sp³-hybridized carbons (Fsp3) is 0.682. The lowest BCUT2D eigenvalue weighted by atomic mass is 9.96. The molecule has 1 aromatic carbocycles. The van der Waals surface area contributed by atoms with Crippen LogP contribution < -0.4 is 11.1 Å². The molecule has 28 heavy (non-hydrogen) atoms. The van der Waals surface area contributed by atoms with Crippen LogP contribution in [0.4, 0.5) is 0 Å². The number of nitrogens with zero attached hydrogens (tertiary/aromatic N) is 3. The molecule has 0 aromatic heterocycles. The van der Waals surface area contributed by atoms with Crippen LogP contribution in [0.3, 0.4) is 0 Å². The lowest BCUT2D eigenvalue weighted by molar-refractivity contribution is 0.126. The van der Waals surface area contributed by atoms with E-state index in [1.807, 2.05) is 0 Å². The van der Waals surface area contributed by atoms with E-state index in [2.05, 4.69) is 50.4 Å². The lowest BCUT2D eigenvalue weighted by Crippen LogP contribution is -2.46. The van der Waals surface area contributed by atoms with Crippen LogP contribution in [0.5, 0.6) is 0 Å². The zero-order chi connectivity index (χ0) is 18.7. The number of hydrogen-bond acceptors (Lipinski definition) is 3. The molecular formula is C22H38IN5. The minimum Gasteiger partial charge on any atom is -0.370 e. The van der Waals surface area contributed by atoms with Crippen molar-refractivity contribution in [3.8, 4) is 0 Å². The van der Waals surface area contributed by atoms with Gasteiger partial charge in [-0.2, -0.15) is 0 Å². The Hall–Kier alpha value is -0.860. The zero-order valence-corrected chi connectivity index (χ0v) is 19.5. The number of hydrogen-bond donors (Lipinski definition) is 2. The van der Waals surface area contributed by atoms with E-state index in [9.17, 15) is 0 Å². The molecule has 0 radical (unpaired) electrons. The maximum absolute atomic E-state index is 6.03. The van der Waals surface area contributed by atoms with Crippen molar-refractivity contribution in [3.05, 3.63) is 35.9 Å². The van der Waals surface area contributed by atoms with Gasteiger partial charge in [-0.15, -0.1) is 24.0 Å². The molecule has 0 amide bonds. The van der Waals surface area contributed by atoms with E-state index in [0.717, 1.165) is 19.5 Å². The number of benzene rings is 1. The third kappa shape index (κ3) is 8.66. The summed E-state index contributed by atoms with van der Waals surface area (Å²) in [6.45, 7) is 7.82. The first-order valence-electron chi connectivity index (χ1n) is 10.8. The van der Waals surface area contributed by atoms with Crippen LogP contribution in [0.25, 0.3) is 0 Å². The second-order valence-electron chi connectivity index (χ2n) is 8.06. The Kier molecular flexibility index (Phi) is 11.2. The van der Waals surface area contributed by atoms with Gasteiger partial charge in [0.05, 0.1) is 0 Å². The fourth-order valence-corrected chi connectivity index (χ4v) is 4.16. The van der Waals surface area contributed by atoms with Gasteiger partial charge in [0.15, 0.2) is 5.96 Å². The molecule has 5 nitrogen and oxygen atoms in total. The number of aliphatic imine (C=N–C) groups is 1.